The summed E-state index contributed by atoms with van der Waals surface area (Å²) in [5.74, 6) is -0.144. The van der Waals surface area contributed by atoms with E-state index in [0.29, 0.717) is 0 Å². The Hall–Kier alpha value is -0.930. The van der Waals surface area contributed by atoms with Crippen molar-refractivity contribution in [3.63, 3.8) is 0 Å². The summed E-state index contributed by atoms with van der Waals surface area (Å²) < 4.78 is 13.0. The Bertz CT molecular complexity index is 341. The van der Waals surface area contributed by atoms with Crippen LogP contribution in [-0.4, -0.2) is 31.6 Å². The van der Waals surface area contributed by atoms with Crippen LogP contribution in [0.4, 0.5) is 4.39 Å². The van der Waals surface area contributed by atoms with Crippen molar-refractivity contribution in [3.05, 3.63) is 35.6 Å². The fraction of sp³-hybridized carbons (Fsp3) is 0.625. The normalized spacial score (nSPS) is 11.2. The van der Waals surface area contributed by atoms with Crippen LogP contribution in [-0.2, 0) is 6.54 Å². The van der Waals surface area contributed by atoms with E-state index in [4.69, 9.17) is 0 Å². The molecule has 3 heteroatoms. The number of hydrogen-bond donors (Lipinski definition) is 1. The molecule has 0 saturated carbocycles. The Morgan fingerprint density at radius 2 is 1.95 bits per heavy atom. The SMILES string of the molecule is CCNCCCCCCN(C)Cc1cccc(F)c1. The molecule has 0 aliphatic carbocycles. The monoisotopic (exact) mass is 266 g/mol. The number of halogens is 1. The van der Waals surface area contributed by atoms with Gasteiger partial charge in [0.15, 0.2) is 0 Å². The Kier molecular flexibility index (Phi) is 8.43. The molecule has 0 aliphatic heterocycles. The van der Waals surface area contributed by atoms with Gasteiger partial charge in [-0.15, -0.1) is 0 Å². The first-order chi connectivity index (χ1) is 9.22. The van der Waals surface area contributed by atoms with Gasteiger partial charge in [0.25, 0.3) is 0 Å². The molecule has 1 aromatic carbocycles. The third kappa shape index (κ3) is 7.96. The Morgan fingerprint density at radius 3 is 2.68 bits per heavy atom. The molecule has 1 aromatic rings. The van der Waals surface area contributed by atoms with E-state index in [1.165, 1.54) is 31.7 Å². The highest BCUT2D eigenvalue weighted by Crippen LogP contribution is 2.07. The molecule has 1 N–H and O–H groups in total. The molecule has 0 spiro atoms. The topological polar surface area (TPSA) is 15.3 Å². The quantitative estimate of drug-likeness (QED) is 0.653. The van der Waals surface area contributed by atoms with Crippen LogP contribution in [0.15, 0.2) is 24.3 Å². The van der Waals surface area contributed by atoms with Crippen LogP contribution in [0.3, 0.4) is 0 Å². The van der Waals surface area contributed by atoms with Gasteiger partial charge in [-0.3, -0.25) is 0 Å². The number of nitrogens with one attached hydrogen (secondary N) is 1. The van der Waals surface area contributed by atoms with Crippen molar-refractivity contribution in [3.8, 4) is 0 Å². The Morgan fingerprint density at radius 1 is 1.16 bits per heavy atom. The zero-order valence-corrected chi connectivity index (χ0v) is 12.3. The molecule has 2 nitrogen and oxygen atoms in total. The van der Waals surface area contributed by atoms with Crippen LogP contribution >= 0.6 is 0 Å². The smallest absolute Gasteiger partial charge is 0.123 e. The van der Waals surface area contributed by atoms with Gasteiger partial charge >= 0.3 is 0 Å². The highest BCUT2D eigenvalue weighted by Gasteiger charge is 2.01. The molecule has 19 heavy (non-hydrogen) atoms. The minimum Gasteiger partial charge on any atom is -0.317 e. The zero-order chi connectivity index (χ0) is 13.9. The summed E-state index contributed by atoms with van der Waals surface area (Å²) in [4.78, 5) is 2.26. The second-order valence-electron chi connectivity index (χ2n) is 5.14. The van der Waals surface area contributed by atoms with Crippen molar-refractivity contribution in [2.75, 3.05) is 26.7 Å². The highest BCUT2D eigenvalue weighted by molar-refractivity contribution is 5.15. The van der Waals surface area contributed by atoms with Gasteiger partial charge in [0, 0.05) is 6.54 Å². The van der Waals surface area contributed by atoms with Gasteiger partial charge in [-0.05, 0) is 57.2 Å². The molecule has 0 radical (unpaired) electrons. The average molecular weight is 266 g/mol. The maximum absolute atomic E-state index is 13.0. The largest absolute Gasteiger partial charge is 0.317 e. The minimum atomic E-state index is -0.144. The summed E-state index contributed by atoms with van der Waals surface area (Å²) in [6.45, 7) is 6.25. The second kappa shape index (κ2) is 9.93. The van der Waals surface area contributed by atoms with E-state index < -0.39 is 0 Å². The number of rotatable bonds is 10. The maximum atomic E-state index is 13.0. The molecular formula is C16H27FN2. The molecule has 0 aliphatic rings. The molecule has 108 valence electrons. The third-order valence-electron chi connectivity index (χ3n) is 3.23. The molecule has 0 fully saturated rings. The first-order valence-corrected chi connectivity index (χ1v) is 7.36. The molecule has 0 amide bonds. The standard InChI is InChI=1S/C16H27FN2/c1-3-18-11-6-4-5-7-12-19(2)14-15-9-8-10-16(17)13-15/h8-10,13,18H,3-7,11-12,14H2,1-2H3. The average Bonchev–Trinajstić information content (AvgIpc) is 2.37. The van der Waals surface area contributed by atoms with E-state index in [1.807, 2.05) is 6.07 Å². The number of unbranched alkanes of at least 4 members (excludes halogenated alkanes) is 3. The number of nitrogens with zero attached hydrogens (tertiary/aromatic N) is 1. The van der Waals surface area contributed by atoms with E-state index in [-0.39, 0.29) is 5.82 Å². The molecule has 0 saturated heterocycles. The van der Waals surface area contributed by atoms with Gasteiger partial charge in [-0.2, -0.15) is 0 Å². The molecule has 0 heterocycles. The summed E-state index contributed by atoms with van der Waals surface area (Å²) >= 11 is 0. The molecular weight excluding hydrogens is 239 g/mol. The lowest BCUT2D eigenvalue weighted by molar-refractivity contribution is 0.316. The van der Waals surface area contributed by atoms with E-state index in [2.05, 4.69) is 24.2 Å². The van der Waals surface area contributed by atoms with Crippen LogP contribution in [0.5, 0.6) is 0 Å². The molecule has 0 aromatic heterocycles. The lowest BCUT2D eigenvalue weighted by atomic mass is 10.1. The van der Waals surface area contributed by atoms with Crippen LogP contribution in [0, 0.1) is 5.82 Å². The number of benzene rings is 1. The van der Waals surface area contributed by atoms with Crippen molar-refractivity contribution in [1.29, 1.82) is 0 Å². The van der Waals surface area contributed by atoms with Gasteiger partial charge in [-0.25, -0.2) is 4.39 Å². The molecule has 0 bridgehead atoms. The molecule has 0 atom stereocenters. The van der Waals surface area contributed by atoms with Crippen molar-refractivity contribution in [1.82, 2.24) is 10.2 Å². The summed E-state index contributed by atoms with van der Waals surface area (Å²) in [7, 11) is 2.10. The fourth-order valence-corrected chi connectivity index (χ4v) is 2.19. The van der Waals surface area contributed by atoms with Crippen molar-refractivity contribution >= 4 is 0 Å². The first kappa shape index (κ1) is 16.1. The maximum Gasteiger partial charge on any atom is 0.123 e. The number of hydrogen-bond acceptors (Lipinski definition) is 2. The van der Waals surface area contributed by atoms with E-state index in [9.17, 15) is 4.39 Å². The molecule has 0 unspecified atom stereocenters. The van der Waals surface area contributed by atoms with Crippen LogP contribution in [0.2, 0.25) is 0 Å². The predicted molar refractivity (Wildman–Crippen MR) is 79.7 cm³/mol. The van der Waals surface area contributed by atoms with E-state index in [0.717, 1.165) is 31.7 Å². The van der Waals surface area contributed by atoms with Gasteiger partial charge in [0.2, 0.25) is 0 Å². The Balaban J connectivity index is 2.06. The van der Waals surface area contributed by atoms with Crippen LogP contribution < -0.4 is 5.32 Å². The van der Waals surface area contributed by atoms with Gasteiger partial charge in [0.1, 0.15) is 5.82 Å². The van der Waals surface area contributed by atoms with Crippen molar-refractivity contribution in [2.45, 2.75) is 39.2 Å². The van der Waals surface area contributed by atoms with Crippen molar-refractivity contribution < 1.29 is 4.39 Å². The zero-order valence-electron chi connectivity index (χ0n) is 12.3. The molecule has 1 rings (SSSR count). The fourth-order valence-electron chi connectivity index (χ4n) is 2.19. The van der Waals surface area contributed by atoms with Crippen molar-refractivity contribution in [2.24, 2.45) is 0 Å². The van der Waals surface area contributed by atoms with Crippen LogP contribution in [0.1, 0.15) is 38.2 Å². The highest BCUT2D eigenvalue weighted by atomic mass is 19.1. The lowest BCUT2D eigenvalue weighted by Gasteiger charge is -2.16. The van der Waals surface area contributed by atoms with Gasteiger partial charge in [0.05, 0.1) is 0 Å². The minimum absolute atomic E-state index is 0.144. The summed E-state index contributed by atoms with van der Waals surface area (Å²) in [6.07, 6.45) is 5.05. The Labute approximate surface area is 117 Å². The second-order valence-corrected chi connectivity index (χ2v) is 5.14. The van der Waals surface area contributed by atoms with E-state index >= 15 is 0 Å². The first-order valence-electron chi connectivity index (χ1n) is 7.36. The lowest BCUT2D eigenvalue weighted by Crippen LogP contribution is -2.19. The summed E-state index contributed by atoms with van der Waals surface area (Å²) in [5, 5.41) is 3.34. The van der Waals surface area contributed by atoms with Crippen LogP contribution in [0.25, 0.3) is 0 Å². The summed E-state index contributed by atoms with van der Waals surface area (Å²) in [6, 6.07) is 6.87. The summed E-state index contributed by atoms with van der Waals surface area (Å²) in [5.41, 5.74) is 1.05. The van der Waals surface area contributed by atoms with E-state index in [1.54, 1.807) is 12.1 Å². The van der Waals surface area contributed by atoms with Gasteiger partial charge < -0.3 is 10.2 Å². The third-order valence-corrected chi connectivity index (χ3v) is 3.23. The predicted octanol–water partition coefficient (Wildman–Crippen LogP) is 3.43. The van der Waals surface area contributed by atoms with Gasteiger partial charge in [-0.1, -0.05) is 31.9 Å².